The van der Waals surface area contributed by atoms with Crippen LogP contribution in [-0.2, 0) is 16.0 Å². The van der Waals surface area contributed by atoms with Crippen molar-refractivity contribution in [3.63, 3.8) is 0 Å². The molecule has 1 aliphatic rings. The van der Waals surface area contributed by atoms with Gasteiger partial charge in [-0.25, -0.2) is 9.48 Å². The van der Waals surface area contributed by atoms with Crippen LogP contribution < -0.4 is 0 Å². The summed E-state index contributed by atoms with van der Waals surface area (Å²) in [5, 5.41) is 7.89. The molecule has 0 spiro atoms. The zero-order valence-corrected chi connectivity index (χ0v) is 11.6. The second-order valence-electron chi connectivity index (χ2n) is 4.68. The van der Waals surface area contributed by atoms with E-state index in [1.165, 1.54) is 0 Å². The topological polar surface area (TPSA) is 69.5 Å². The first-order valence-corrected chi connectivity index (χ1v) is 6.49. The van der Waals surface area contributed by atoms with E-state index in [-0.39, 0.29) is 11.8 Å². The minimum Gasteiger partial charge on any atom is -0.461 e. The molecule has 1 aliphatic heterocycles. The van der Waals surface area contributed by atoms with Gasteiger partial charge in [0.15, 0.2) is 5.69 Å². The summed E-state index contributed by atoms with van der Waals surface area (Å²) < 4.78 is 12.3. The second-order valence-corrected chi connectivity index (χ2v) is 4.68. The Balaban J connectivity index is 2.03. The van der Waals surface area contributed by atoms with E-state index in [1.807, 2.05) is 6.92 Å². The largest absolute Gasteiger partial charge is 0.461 e. The Labute approximate surface area is 112 Å². The third-order valence-corrected chi connectivity index (χ3v) is 3.17. The molecule has 2 rings (SSSR count). The van der Waals surface area contributed by atoms with Crippen LogP contribution in [0.25, 0.3) is 0 Å². The SMILES string of the molecule is CCOC(=O)c1nnn(CC2CN(C)CCO2)c1C. The van der Waals surface area contributed by atoms with Crippen molar-refractivity contribution in [2.75, 3.05) is 33.4 Å². The first kappa shape index (κ1) is 14.0. The predicted molar refractivity (Wildman–Crippen MR) is 68.0 cm³/mol. The maximum atomic E-state index is 11.6. The van der Waals surface area contributed by atoms with Gasteiger partial charge in [0.1, 0.15) is 0 Å². The zero-order chi connectivity index (χ0) is 13.8. The summed E-state index contributed by atoms with van der Waals surface area (Å²) in [7, 11) is 2.06. The number of rotatable bonds is 4. The molecule has 0 radical (unpaired) electrons. The molecule has 1 fully saturated rings. The van der Waals surface area contributed by atoms with Crippen molar-refractivity contribution in [2.24, 2.45) is 0 Å². The summed E-state index contributed by atoms with van der Waals surface area (Å²) in [6.07, 6.45) is 0.0780. The van der Waals surface area contributed by atoms with Crippen LogP contribution >= 0.6 is 0 Å². The van der Waals surface area contributed by atoms with Crippen molar-refractivity contribution < 1.29 is 14.3 Å². The molecule has 1 aromatic rings. The Kier molecular flexibility index (Phi) is 4.49. The second kappa shape index (κ2) is 6.12. The molecule has 1 saturated heterocycles. The quantitative estimate of drug-likeness (QED) is 0.721. The third kappa shape index (κ3) is 3.30. The smallest absolute Gasteiger partial charge is 0.360 e. The lowest BCUT2D eigenvalue weighted by Gasteiger charge is -2.29. The van der Waals surface area contributed by atoms with Gasteiger partial charge in [0.2, 0.25) is 0 Å². The minimum absolute atomic E-state index is 0.0780. The van der Waals surface area contributed by atoms with Crippen molar-refractivity contribution in [1.29, 1.82) is 0 Å². The van der Waals surface area contributed by atoms with Gasteiger partial charge in [-0.1, -0.05) is 5.21 Å². The Morgan fingerprint density at radius 2 is 2.37 bits per heavy atom. The van der Waals surface area contributed by atoms with E-state index in [0.717, 1.165) is 25.4 Å². The number of nitrogens with zero attached hydrogens (tertiary/aromatic N) is 4. The average molecular weight is 268 g/mol. The molecular weight excluding hydrogens is 248 g/mol. The van der Waals surface area contributed by atoms with E-state index in [0.29, 0.717) is 13.2 Å². The zero-order valence-electron chi connectivity index (χ0n) is 11.6. The molecular formula is C12H20N4O3. The molecule has 1 atom stereocenters. The molecule has 0 saturated carbocycles. The van der Waals surface area contributed by atoms with Gasteiger partial charge in [-0.3, -0.25) is 0 Å². The van der Waals surface area contributed by atoms with Gasteiger partial charge in [0.05, 0.1) is 31.6 Å². The van der Waals surface area contributed by atoms with Crippen LogP contribution in [0.3, 0.4) is 0 Å². The standard InChI is InChI=1S/C12H20N4O3/c1-4-18-12(17)11-9(2)16(14-13-11)8-10-7-15(3)5-6-19-10/h10H,4-8H2,1-3H3. The molecule has 1 unspecified atom stereocenters. The van der Waals surface area contributed by atoms with Gasteiger partial charge in [-0.2, -0.15) is 0 Å². The summed E-state index contributed by atoms with van der Waals surface area (Å²) in [4.78, 5) is 13.9. The molecule has 106 valence electrons. The van der Waals surface area contributed by atoms with Crippen LogP contribution in [-0.4, -0.2) is 65.3 Å². The fourth-order valence-electron chi connectivity index (χ4n) is 2.09. The predicted octanol–water partition coefficient (Wildman–Crippen LogP) is 0.0938. The number of morpholine rings is 1. The van der Waals surface area contributed by atoms with Gasteiger partial charge < -0.3 is 14.4 Å². The lowest BCUT2D eigenvalue weighted by molar-refractivity contribution is -0.0295. The van der Waals surface area contributed by atoms with E-state index in [4.69, 9.17) is 9.47 Å². The van der Waals surface area contributed by atoms with E-state index >= 15 is 0 Å². The van der Waals surface area contributed by atoms with Gasteiger partial charge >= 0.3 is 5.97 Å². The van der Waals surface area contributed by atoms with Crippen molar-refractivity contribution in [3.8, 4) is 0 Å². The lowest BCUT2D eigenvalue weighted by atomic mass is 10.2. The van der Waals surface area contributed by atoms with Crippen LogP contribution in [0.4, 0.5) is 0 Å². The van der Waals surface area contributed by atoms with Crippen LogP contribution in [0, 0.1) is 6.92 Å². The molecule has 0 amide bonds. The highest BCUT2D eigenvalue weighted by Crippen LogP contribution is 2.10. The van der Waals surface area contributed by atoms with E-state index in [9.17, 15) is 4.79 Å². The molecule has 0 aromatic carbocycles. The fraction of sp³-hybridized carbons (Fsp3) is 0.750. The molecule has 7 nitrogen and oxygen atoms in total. The Hall–Kier alpha value is -1.47. The summed E-state index contributed by atoms with van der Waals surface area (Å²) in [6.45, 7) is 7.04. The number of hydrogen-bond donors (Lipinski definition) is 0. The fourth-order valence-corrected chi connectivity index (χ4v) is 2.09. The molecule has 2 heterocycles. The maximum Gasteiger partial charge on any atom is 0.360 e. The molecule has 1 aromatic heterocycles. The van der Waals surface area contributed by atoms with Crippen LogP contribution in [0.1, 0.15) is 23.1 Å². The van der Waals surface area contributed by atoms with Crippen molar-refractivity contribution >= 4 is 5.97 Å². The number of carbonyl (C=O) groups is 1. The molecule has 19 heavy (non-hydrogen) atoms. The number of aromatic nitrogens is 3. The van der Waals surface area contributed by atoms with Gasteiger partial charge in [-0.15, -0.1) is 5.10 Å². The molecule has 0 bridgehead atoms. The minimum atomic E-state index is -0.423. The monoisotopic (exact) mass is 268 g/mol. The van der Waals surface area contributed by atoms with Gasteiger partial charge in [0.25, 0.3) is 0 Å². The van der Waals surface area contributed by atoms with Crippen LogP contribution in [0.5, 0.6) is 0 Å². The number of carbonyl (C=O) groups excluding carboxylic acids is 1. The van der Waals surface area contributed by atoms with Gasteiger partial charge in [-0.05, 0) is 20.9 Å². The van der Waals surface area contributed by atoms with Crippen molar-refractivity contribution in [1.82, 2.24) is 19.9 Å². The maximum absolute atomic E-state index is 11.6. The first-order chi connectivity index (χ1) is 9.11. The van der Waals surface area contributed by atoms with E-state index < -0.39 is 5.97 Å². The average Bonchev–Trinajstić information content (AvgIpc) is 2.71. The Morgan fingerprint density at radius 3 is 3.05 bits per heavy atom. The van der Waals surface area contributed by atoms with Crippen LogP contribution in [0.2, 0.25) is 0 Å². The Bertz CT molecular complexity index is 446. The number of esters is 1. The number of ether oxygens (including phenoxy) is 2. The third-order valence-electron chi connectivity index (χ3n) is 3.17. The van der Waals surface area contributed by atoms with Gasteiger partial charge in [0, 0.05) is 13.1 Å². The summed E-state index contributed by atoms with van der Waals surface area (Å²) in [6, 6.07) is 0. The number of likely N-dealkylation sites (N-methyl/N-ethyl adjacent to an activating group) is 1. The van der Waals surface area contributed by atoms with Crippen molar-refractivity contribution in [3.05, 3.63) is 11.4 Å². The summed E-state index contributed by atoms with van der Waals surface area (Å²) in [5.74, 6) is -0.423. The summed E-state index contributed by atoms with van der Waals surface area (Å²) >= 11 is 0. The molecule has 0 aliphatic carbocycles. The highest BCUT2D eigenvalue weighted by molar-refractivity contribution is 5.88. The first-order valence-electron chi connectivity index (χ1n) is 6.49. The van der Waals surface area contributed by atoms with Crippen molar-refractivity contribution in [2.45, 2.75) is 26.5 Å². The normalized spacial score (nSPS) is 20.5. The highest BCUT2D eigenvalue weighted by Gasteiger charge is 2.22. The summed E-state index contributed by atoms with van der Waals surface area (Å²) in [5.41, 5.74) is 1.00. The van der Waals surface area contributed by atoms with Crippen LogP contribution in [0.15, 0.2) is 0 Å². The lowest BCUT2D eigenvalue weighted by Crippen LogP contribution is -2.42. The van der Waals surface area contributed by atoms with E-state index in [2.05, 4.69) is 22.3 Å². The number of hydrogen-bond acceptors (Lipinski definition) is 6. The Morgan fingerprint density at radius 1 is 1.58 bits per heavy atom. The van der Waals surface area contributed by atoms with E-state index in [1.54, 1.807) is 11.6 Å². The highest BCUT2D eigenvalue weighted by atomic mass is 16.5. The molecule has 0 N–H and O–H groups in total. The molecule has 7 heteroatoms.